The van der Waals surface area contributed by atoms with Crippen LogP contribution in [0.1, 0.15) is 24.5 Å². The van der Waals surface area contributed by atoms with E-state index in [9.17, 15) is 5.11 Å². The number of nitrogens with two attached hydrogens (primary N) is 1. The van der Waals surface area contributed by atoms with Crippen molar-refractivity contribution in [3.63, 3.8) is 0 Å². The Morgan fingerprint density at radius 3 is 2.69 bits per heavy atom. The van der Waals surface area contributed by atoms with Crippen LogP contribution >= 0.6 is 0 Å². The molecule has 4 rings (SSSR count). The molecule has 0 radical (unpaired) electrons. The van der Waals surface area contributed by atoms with E-state index < -0.39 is 0 Å². The van der Waals surface area contributed by atoms with Crippen molar-refractivity contribution in [1.29, 1.82) is 0 Å². The van der Waals surface area contributed by atoms with E-state index in [1.165, 1.54) is 16.7 Å². The molecule has 0 saturated carbocycles. The highest BCUT2D eigenvalue weighted by molar-refractivity contribution is 6.12. The van der Waals surface area contributed by atoms with Gasteiger partial charge in [0.1, 0.15) is 0 Å². The third kappa shape index (κ3) is 2.41. The Kier molecular flexibility index (Phi) is 3.83. The topological polar surface area (TPSA) is 64.1 Å². The maximum Gasteiger partial charge on any atom is 0.202 e. The van der Waals surface area contributed by atoms with Gasteiger partial charge in [-0.05, 0) is 31.4 Å². The number of aryl methyl sites for hydroxylation is 3. The second-order valence-corrected chi connectivity index (χ2v) is 6.95. The van der Waals surface area contributed by atoms with Crippen LogP contribution in [0.15, 0.2) is 42.6 Å². The van der Waals surface area contributed by atoms with Gasteiger partial charge in [0.25, 0.3) is 0 Å². The van der Waals surface area contributed by atoms with Crippen molar-refractivity contribution >= 4 is 27.5 Å². The fourth-order valence-electron chi connectivity index (χ4n) is 3.67. The van der Waals surface area contributed by atoms with Gasteiger partial charge < -0.3 is 15.4 Å². The maximum absolute atomic E-state index is 10.6. The molecule has 0 bridgehead atoms. The van der Waals surface area contributed by atoms with Crippen LogP contribution in [-0.4, -0.2) is 14.7 Å². The van der Waals surface area contributed by atoms with E-state index >= 15 is 0 Å². The summed E-state index contributed by atoms with van der Waals surface area (Å²) in [5.41, 5.74) is 13.3. The Morgan fingerprint density at radius 1 is 1.12 bits per heavy atom. The number of hydrogen-bond donors (Lipinski definition) is 2. The minimum atomic E-state index is 0.200. The van der Waals surface area contributed by atoms with E-state index in [1.807, 2.05) is 22.9 Å². The lowest BCUT2D eigenvalue weighted by atomic mass is 9.95. The second-order valence-electron chi connectivity index (χ2n) is 6.95. The van der Waals surface area contributed by atoms with Crippen molar-refractivity contribution in [3.05, 3.63) is 53.7 Å². The van der Waals surface area contributed by atoms with Gasteiger partial charge in [0.05, 0.1) is 22.1 Å². The quantitative estimate of drug-likeness (QED) is 0.538. The number of aromatic nitrogens is 2. The summed E-state index contributed by atoms with van der Waals surface area (Å²) in [4.78, 5) is 4.89. The molecule has 0 aliphatic rings. The van der Waals surface area contributed by atoms with Gasteiger partial charge in [-0.1, -0.05) is 48.9 Å². The van der Waals surface area contributed by atoms with Crippen molar-refractivity contribution in [2.45, 2.75) is 33.7 Å². The fourth-order valence-corrected chi connectivity index (χ4v) is 3.67. The number of pyridine rings is 1. The highest BCUT2D eigenvalue weighted by Gasteiger charge is 2.17. The average Bonchev–Trinajstić information content (AvgIpc) is 2.93. The molecule has 0 atom stereocenters. The van der Waals surface area contributed by atoms with Crippen molar-refractivity contribution in [2.24, 2.45) is 0 Å². The fraction of sp³-hybridized carbons (Fsp3) is 0.227. The largest absolute Gasteiger partial charge is 0.494 e. The van der Waals surface area contributed by atoms with Crippen molar-refractivity contribution in [1.82, 2.24) is 9.55 Å². The predicted molar refractivity (Wildman–Crippen MR) is 109 cm³/mol. The Hall–Kier alpha value is -3.01. The van der Waals surface area contributed by atoms with E-state index in [1.54, 1.807) is 0 Å². The zero-order valence-corrected chi connectivity index (χ0v) is 15.4. The lowest BCUT2D eigenvalue weighted by Crippen LogP contribution is -1.94. The van der Waals surface area contributed by atoms with Gasteiger partial charge in [0, 0.05) is 23.7 Å². The summed E-state index contributed by atoms with van der Waals surface area (Å²) < 4.78 is 1.82. The van der Waals surface area contributed by atoms with Crippen LogP contribution in [0.3, 0.4) is 0 Å². The lowest BCUT2D eigenvalue weighted by molar-refractivity contribution is 0.421. The second kappa shape index (κ2) is 6.06. The molecule has 0 aliphatic carbocycles. The molecule has 0 spiro atoms. The van der Waals surface area contributed by atoms with E-state index in [0.29, 0.717) is 11.1 Å². The molecule has 4 nitrogen and oxygen atoms in total. The van der Waals surface area contributed by atoms with E-state index in [-0.39, 0.29) is 5.88 Å². The number of rotatable bonds is 3. The lowest BCUT2D eigenvalue weighted by Gasteiger charge is -2.12. The Bertz CT molecular complexity index is 1140. The molecule has 0 unspecified atom stereocenters. The third-order valence-corrected chi connectivity index (χ3v) is 5.01. The molecule has 4 aromatic rings. The van der Waals surface area contributed by atoms with Gasteiger partial charge in [-0.3, -0.25) is 0 Å². The normalized spacial score (nSPS) is 11.5. The number of aromatic hydroxyl groups is 1. The van der Waals surface area contributed by atoms with Gasteiger partial charge in [0.15, 0.2) is 0 Å². The highest BCUT2D eigenvalue weighted by atomic mass is 16.3. The van der Waals surface area contributed by atoms with Crippen LogP contribution in [0.2, 0.25) is 0 Å². The van der Waals surface area contributed by atoms with E-state index in [4.69, 9.17) is 10.7 Å². The van der Waals surface area contributed by atoms with Crippen LogP contribution in [0, 0.1) is 13.8 Å². The third-order valence-electron chi connectivity index (χ3n) is 5.01. The average molecular weight is 345 g/mol. The summed E-state index contributed by atoms with van der Waals surface area (Å²) in [5.74, 6) is 0.200. The minimum absolute atomic E-state index is 0.200. The van der Waals surface area contributed by atoms with Crippen molar-refractivity contribution in [2.75, 3.05) is 5.73 Å². The SMILES string of the molecule is CCCn1cc2nc3c(-c4cc(C)ccc4C)cccc3c(N)c2c1O. The van der Waals surface area contributed by atoms with Crippen LogP contribution in [0.4, 0.5) is 5.69 Å². The molecule has 2 aromatic heterocycles. The summed E-state index contributed by atoms with van der Waals surface area (Å²) in [5, 5.41) is 12.1. The molecular formula is C22H23N3O. The molecule has 0 amide bonds. The summed E-state index contributed by atoms with van der Waals surface area (Å²) in [6.07, 6.45) is 2.82. The molecule has 0 aliphatic heterocycles. The molecule has 2 heterocycles. The summed E-state index contributed by atoms with van der Waals surface area (Å²) in [7, 11) is 0. The van der Waals surface area contributed by atoms with Crippen LogP contribution in [0.25, 0.3) is 32.9 Å². The van der Waals surface area contributed by atoms with E-state index in [0.717, 1.165) is 34.9 Å². The Morgan fingerprint density at radius 2 is 1.92 bits per heavy atom. The standard InChI is InChI=1S/C22H23N3O/c1-4-10-25-12-18-19(22(25)26)20(23)16-7-5-6-15(21(16)24-18)17-11-13(2)8-9-14(17)3/h5-9,11-12,26H,4,10,23H2,1-3H3. The number of hydrogen-bond acceptors (Lipinski definition) is 3. The Balaban J connectivity index is 2.08. The summed E-state index contributed by atoms with van der Waals surface area (Å²) in [6.45, 7) is 7.02. The summed E-state index contributed by atoms with van der Waals surface area (Å²) >= 11 is 0. The number of nitrogens with zero attached hydrogens (tertiary/aromatic N) is 2. The van der Waals surface area contributed by atoms with Gasteiger partial charge in [-0.15, -0.1) is 0 Å². The first-order valence-electron chi connectivity index (χ1n) is 8.99. The number of para-hydroxylation sites is 1. The number of fused-ring (bicyclic) bond motifs is 2. The Labute approximate surface area is 152 Å². The zero-order valence-electron chi connectivity index (χ0n) is 15.4. The molecule has 132 valence electrons. The molecular weight excluding hydrogens is 322 g/mol. The van der Waals surface area contributed by atoms with Gasteiger partial charge >= 0.3 is 0 Å². The first kappa shape index (κ1) is 16.5. The number of benzene rings is 2. The monoisotopic (exact) mass is 345 g/mol. The van der Waals surface area contributed by atoms with Crippen LogP contribution in [0.5, 0.6) is 5.88 Å². The first-order valence-corrected chi connectivity index (χ1v) is 8.99. The predicted octanol–water partition coefficient (Wildman–Crippen LogP) is 5.17. The van der Waals surface area contributed by atoms with Gasteiger partial charge in [0.2, 0.25) is 5.88 Å². The van der Waals surface area contributed by atoms with Gasteiger partial charge in [-0.25, -0.2) is 4.98 Å². The minimum Gasteiger partial charge on any atom is -0.494 e. The van der Waals surface area contributed by atoms with Crippen LogP contribution in [-0.2, 0) is 6.54 Å². The maximum atomic E-state index is 10.6. The van der Waals surface area contributed by atoms with Gasteiger partial charge in [-0.2, -0.15) is 0 Å². The summed E-state index contributed by atoms with van der Waals surface area (Å²) in [6, 6.07) is 12.5. The molecule has 4 heteroatoms. The number of anilines is 1. The van der Waals surface area contributed by atoms with E-state index in [2.05, 4.69) is 45.0 Å². The zero-order chi connectivity index (χ0) is 18.4. The molecule has 0 saturated heterocycles. The van der Waals surface area contributed by atoms with Crippen LogP contribution < -0.4 is 5.73 Å². The highest BCUT2D eigenvalue weighted by Crippen LogP contribution is 2.39. The first-order chi connectivity index (χ1) is 12.5. The smallest absolute Gasteiger partial charge is 0.202 e. The molecule has 2 aromatic carbocycles. The molecule has 3 N–H and O–H groups in total. The molecule has 26 heavy (non-hydrogen) atoms. The van der Waals surface area contributed by atoms with Crippen molar-refractivity contribution < 1.29 is 5.11 Å². The molecule has 0 fully saturated rings. The number of nitrogen functional groups attached to an aromatic ring is 1. The van der Waals surface area contributed by atoms with Crippen molar-refractivity contribution in [3.8, 4) is 17.0 Å².